The van der Waals surface area contributed by atoms with Crippen molar-refractivity contribution in [2.45, 2.75) is 32.4 Å². The fourth-order valence-electron chi connectivity index (χ4n) is 3.67. The number of nitrogens with one attached hydrogen (secondary N) is 1. The molecule has 0 bridgehead atoms. The second-order valence-electron chi connectivity index (χ2n) is 8.05. The predicted octanol–water partition coefficient (Wildman–Crippen LogP) is 2.85. The fraction of sp³-hybridized carbons (Fsp3) is 0.440. The molecule has 1 N–H and O–H groups in total. The number of hydrogen-bond acceptors (Lipinski definition) is 4. The van der Waals surface area contributed by atoms with Crippen LogP contribution in [0.25, 0.3) is 0 Å². The van der Waals surface area contributed by atoms with Gasteiger partial charge in [0.05, 0.1) is 6.54 Å². The molecule has 0 aromatic heterocycles. The van der Waals surface area contributed by atoms with Gasteiger partial charge in [-0.05, 0) is 24.5 Å². The largest absolute Gasteiger partial charge is 0.359 e. The van der Waals surface area contributed by atoms with Crippen LogP contribution in [0.2, 0.25) is 0 Å². The van der Waals surface area contributed by atoms with E-state index in [0.717, 1.165) is 17.5 Å². The van der Waals surface area contributed by atoms with Crippen LogP contribution in [0.15, 0.2) is 60.7 Å². The summed E-state index contributed by atoms with van der Waals surface area (Å²) in [7, 11) is 0. The molecular weight excluding hydrogens is 390 g/mol. The molecule has 2 amide bonds. The van der Waals surface area contributed by atoms with Crippen LogP contribution in [0.5, 0.6) is 0 Å². The lowest BCUT2D eigenvalue weighted by Gasteiger charge is -2.34. The van der Waals surface area contributed by atoms with Crippen LogP contribution in [-0.4, -0.2) is 67.0 Å². The molecule has 0 radical (unpaired) electrons. The second-order valence-corrected chi connectivity index (χ2v) is 8.05. The molecule has 1 fully saturated rings. The van der Waals surface area contributed by atoms with E-state index >= 15 is 0 Å². The van der Waals surface area contributed by atoms with Gasteiger partial charge in [-0.15, -0.1) is 0 Å². The molecule has 1 unspecified atom stereocenters. The summed E-state index contributed by atoms with van der Waals surface area (Å²) in [4.78, 5) is 28.8. The molecule has 0 aliphatic carbocycles. The molecule has 1 heterocycles. The first-order chi connectivity index (χ1) is 15.1. The number of rotatable bonds is 9. The van der Waals surface area contributed by atoms with Crippen LogP contribution in [0.1, 0.15) is 37.5 Å². The smallest absolute Gasteiger partial charge is 0.248 e. The molecule has 2 aromatic rings. The third-order valence-corrected chi connectivity index (χ3v) is 5.69. The van der Waals surface area contributed by atoms with Crippen LogP contribution >= 0.6 is 0 Å². The number of nitrogens with zero attached hydrogens (tertiary/aromatic N) is 2. The van der Waals surface area contributed by atoms with Crippen molar-refractivity contribution in [1.82, 2.24) is 15.1 Å². The highest BCUT2D eigenvalue weighted by Gasteiger charge is 2.24. The van der Waals surface area contributed by atoms with E-state index in [9.17, 15) is 9.59 Å². The Morgan fingerprint density at radius 1 is 0.935 bits per heavy atom. The molecule has 0 saturated carbocycles. The van der Waals surface area contributed by atoms with Gasteiger partial charge in [0.2, 0.25) is 11.8 Å². The molecule has 1 aliphatic rings. The minimum atomic E-state index is -0.281. The fourth-order valence-corrected chi connectivity index (χ4v) is 3.67. The Bertz CT molecular complexity index is 781. The van der Waals surface area contributed by atoms with Crippen molar-refractivity contribution in [3.8, 4) is 0 Å². The molecular formula is C25H33N3O3. The number of carbonyl (C=O) groups excluding carboxylic acids is 2. The highest BCUT2D eigenvalue weighted by atomic mass is 16.5. The van der Waals surface area contributed by atoms with Crippen LogP contribution in [-0.2, 0) is 14.3 Å². The van der Waals surface area contributed by atoms with E-state index in [2.05, 4.69) is 17.1 Å². The Balaban J connectivity index is 1.50. The summed E-state index contributed by atoms with van der Waals surface area (Å²) in [6, 6.07) is 20.1. The van der Waals surface area contributed by atoms with E-state index in [1.54, 1.807) is 0 Å². The predicted molar refractivity (Wildman–Crippen MR) is 122 cm³/mol. The van der Waals surface area contributed by atoms with Crippen molar-refractivity contribution in [3.05, 3.63) is 71.8 Å². The molecule has 31 heavy (non-hydrogen) atoms. The first-order valence-electron chi connectivity index (χ1n) is 11.1. The normalized spacial score (nSPS) is 15.6. The zero-order chi connectivity index (χ0) is 22.1. The monoisotopic (exact) mass is 423 g/mol. The summed E-state index contributed by atoms with van der Waals surface area (Å²) in [5, 5.41) is 2.99. The quantitative estimate of drug-likeness (QED) is 0.674. The lowest BCUT2D eigenvalue weighted by atomic mass is 10.0. The molecule has 1 saturated heterocycles. The van der Waals surface area contributed by atoms with Crippen molar-refractivity contribution < 1.29 is 14.3 Å². The second kappa shape index (κ2) is 11.6. The van der Waals surface area contributed by atoms with Crippen LogP contribution < -0.4 is 5.32 Å². The molecule has 0 spiro atoms. The molecule has 6 nitrogen and oxygen atoms in total. The molecule has 1 aliphatic heterocycles. The maximum absolute atomic E-state index is 12.8. The topological polar surface area (TPSA) is 61.9 Å². The SMILES string of the molecule is CCC(C)NC(=O)CN1CCN(C(=O)COC(c2ccccc2)c2ccccc2)CC1. The van der Waals surface area contributed by atoms with Gasteiger partial charge in [-0.25, -0.2) is 0 Å². The Labute approximate surface area is 185 Å². The molecule has 3 rings (SSSR count). The van der Waals surface area contributed by atoms with Gasteiger partial charge in [-0.1, -0.05) is 67.6 Å². The van der Waals surface area contributed by atoms with Crippen molar-refractivity contribution in [3.63, 3.8) is 0 Å². The number of amides is 2. The third kappa shape index (κ3) is 6.91. The van der Waals surface area contributed by atoms with E-state index in [4.69, 9.17) is 4.74 Å². The Kier molecular flexibility index (Phi) is 8.62. The van der Waals surface area contributed by atoms with Crippen LogP contribution in [0.4, 0.5) is 0 Å². The summed E-state index contributed by atoms with van der Waals surface area (Å²) in [5.74, 6) is 0.0339. The number of benzene rings is 2. The van der Waals surface area contributed by atoms with Crippen molar-refractivity contribution in [2.75, 3.05) is 39.3 Å². The van der Waals surface area contributed by atoms with Gasteiger partial charge in [-0.2, -0.15) is 0 Å². The van der Waals surface area contributed by atoms with Gasteiger partial charge in [0, 0.05) is 32.2 Å². The van der Waals surface area contributed by atoms with E-state index < -0.39 is 0 Å². The zero-order valence-corrected chi connectivity index (χ0v) is 18.5. The number of piperazine rings is 1. The van der Waals surface area contributed by atoms with Gasteiger partial charge < -0.3 is 15.0 Å². The minimum absolute atomic E-state index is 0.0134. The maximum Gasteiger partial charge on any atom is 0.248 e. The average molecular weight is 424 g/mol. The average Bonchev–Trinajstić information content (AvgIpc) is 2.81. The van der Waals surface area contributed by atoms with Gasteiger partial charge >= 0.3 is 0 Å². The maximum atomic E-state index is 12.8. The van der Waals surface area contributed by atoms with Crippen LogP contribution in [0, 0.1) is 0 Å². The first kappa shape index (κ1) is 23.0. The standard InChI is InChI=1S/C25H33N3O3/c1-3-20(2)26-23(29)18-27-14-16-28(17-15-27)24(30)19-31-25(21-10-6-4-7-11-21)22-12-8-5-9-13-22/h4-13,20,25H,3,14-19H2,1-2H3,(H,26,29). The summed E-state index contributed by atoms with van der Waals surface area (Å²) in [6.45, 7) is 7.08. The lowest BCUT2D eigenvalue weighted by Crippen LogP contribution is -2.52. The summed E-state index contributed by atoms with van der Waals surface area (Å²) in [6.07, 6.45) is 0.637. The number of ether oxygens (including phenoxy) is 1. The highest BCUT2D eigenvalue weighted by molar-refractivity contribution is 5.79. The van der Waals surface area contributed by atoms with E-state index in [-0.39, 0.29) is 30.6 Å². The molecule has 166 valence electrons. The van der Waals surface area contributed by atoms with Gasteiger partial charge in [0.15, 0.2) is 0 Å². The Morgan fingerprint density at radius 3 is 2.00 bits per heavy atom. The molecule has 1 atom stereocenters. The lowest BCUT2D eigenvalue weighted by molar-refractivity contribution is -0.139. The number of hydrogen-bond donors (Lipinski definition) is 1. The van der Waals surface area contributed by atoms with Crippen molar-refractivity contribution in [1.29, 1.82) is 0 Å². The van der Waals surface area contributed by atoms with Crippen molar-refractivity contribution in [2.24, 2.45) is 0 Å². The van der Waals surface area contributed by atoms with Gasteiger partial charge in [0.1, 0.15) is 12.7 Å². The van der Waals surface area contributed by atoms with E-state index in [1.807, 2.05) is 72.5 Å². The number of carbonyl (C=O) groups is 2. The Hall–Kier alpha value is -2.70. The van der Waals surface area contributed by atoms with E-state index in [1.165, 1.54) is 0 Å². The van der Waals surface area contributed by atoms with Crippen LogP contribution in [0.3, 0.4) is 0 Å². The van der Waals surface area contributed by atoms with E-state index in [0.29, 0.717) is 32.7 Å². The zero-order valence-electron chi connectivity index (χ0n) is 18.5. The summed E-state index contributed by atoms with van der Waals surface area (Å²) >= 11 is 0. The summed E-state index contributed by atoms with van der Waals surface area (Å²) < 4.78 is 6.11. The summed E-state index contributed by atoms with van der Waals surface area (Å²) in [5.41, 5.74) is 2.05. The van der Waals surface area contributed by atoms with Gasteiger partial charge in [0.25, 0.3) is 0 Å². The highest BCUT2D eigenvalue weighted by Crippen LogP contribution is 2.25. The molecule has 2 aromatic carbocycles. The van der Waals surface area contributed by atoms with Crippen molar-refractivity contribution >= 4 is 11.8 Å². The Morgan fingerprint density at radius 2 is 1.48 bits per heavy atom. The third-order valence-electron chi connectivity index (χ3n) is 5.69. The van der Waals surface area contributed by atoms with Gasteiger partial charge in [-0.3, -0.25) is 14.5 Å². The molecule has 6 heteroatoms. The minimum Gasteiger partial charge on any atom is -0.359 e. The first-order valence-corrected chi connectivity index (χ1v) is 11.1.